The first-order chi connectivity index (χ1) is 16.3. The number of quaternary nitrogens is 1. The first-order valence-corrected chi connectivity index (χ1v) is 13.8. The van der Waals surface area contributed by atoms with Crippen LogP contribution in [0, 0.1) is 0 Å². The normalized spacial score (nSPS) is 18.6. The zero-order chi connectivity index (χ0) is 23.4. The summed E-state index contributed by atoms with van der Waals surface area (Å²) >= 11 is 0. The number of ketones is 1. The molecule has 2 nitrogen and oxygen atoms in total. The molecule has 0 unspecified atom stereocenters. The van der Waals surface area contributed by atoms with E-state index in [1.807, 2.05) is 24.3 Å². The highest BCUT2D eigenvalue weighted by Crippen LogP contribution is 2.14. The molecule has 2 aliphatic rings. The van der Waals surface area contributed by atoms with Crippen molar-refractivity contribution in [1.29, 1.82) is 0 Å². The maximum absolute atomic E-state index is 11.8. The van der Waals surface area contributed by atoms with Gasteiger partial charge in [0.2, 0.25) is 0 Å². The van der Waals surface area contributed by atoms with E-state index >= 15 is 0 Å². The molecule has 0 radical (unpaired) electrons. The van der Waals surface area contributed by atoms with Crippen molar-refractivity contribution in [3.05, 3.63) is 72.2 Å². The van der Waals surface area contributed by atoms with Crippen LogP contribution in [0.4, 0.5) is 0 Å². The van der Waals surface area contributed by atoms with Crippen molar-refractivity contribution in [2.24, 2.45) is 0 Å². The van der Waals surface area contributed by atoms with E-state index in [0.717, 1.165) is 11.1 Å². The van der Waals surface area contributed by atoms with Crippen LogP contribution in [0.2, 0.25) is 0 Å². The fourth-order valence-electron chi connectivity index (χ4n) is 4.48. The Bertz CT molecular complexity index is 703. The molecule has 0 fully saturated rings. The Kier molecular flexibility index (Phi) is 15.3. The second-order valence-electron chi connectivity index (χ2n) is 9.67. The number of nitrogens with one attached hydrogen (secondary N) is 1. The van der Waals surface area contributed by atoms with Crippen molar-refractivity contribution in [1.82, 2.24) is 0 Å². The molecule has 0 saturated heterocycles. The minimum atomic E-state index is 0.0777. The van der Waals surface area contributed by atoms with Gasteiger partial charge in [-0.25, -0.2) is 0 Å². The van der Waals surface area contributed by atoms with Crippen molar-refractivity contribution >= 4 is 5.78 Å². The fourth-order valence-corrected chi connectivity index (χ4v) is 4.48. The summed E-state index contributed by atoms with van der Waals surface area (Å²) in [6.45, 7) is 3.46. The standard InChI is InChI=1S/C31H47NO/c1-2-3-4-5-6-7-8-9-10-11-12-13-14-15-16-19-26-32-27-24-29(25-28-32)22-23-30-20-17-18-21-31(30)33/h17-18,20-25,27-28H,2-16,19,26H2,1H3/p+1. The second-order valence-corrected chi connectivity index (χ2v) is 9.67. The molecule has 0 aromatic rings. The van der Waals surface area contributed by atoms with Crippen molar-refractivity contribution in [2.75, 3.05) is 6.54 Å². The summed E-state index contributed by atoms with van der Waals surface area (Å²) in [6, 6.07) is 0. The van der Waals surface area contributed by atoms with E-state index in [2.05, 4.69) is 31.5 Å². The first-order valence-electron chi connectivity index (χ1n) is 13.8. The Hall–Kier alpha value is -1.93. The fraction of sp³-hybridized carbons (Fsp3) is 0.581. The maximum Gasteiger partial charge on any atom is 0.185 e. The molecule has 33 heavy (non-hydrogen) atoms. The Morgan fingerprint density at radius 3 is 1.61 bits per heavy atom. The van der Waals surface area contributed by atoms with Crippen LogP contribution in [0.5, 0.6) is 0 Å². The van der Waals surface area contributed by atoms with Gasteiger partial charge in [-0.1, -0.05) is 127 Å². The van der Waals surface area contributed by atoms with Crippen LogP contribution in [0.15, 0.2) is 72.2 Å². The van der Waals surface area contributed by atoms with E-state index in [4.69, 9.17) is 0 Å². The first kappa shape index (κ1) is 27.3. The van der Waals surface area contributed by atoms with E-state index in [0.29, 0.717) is 0 Å². The van der Waals surface area contributed by atoms with E-state index in [1.165, 1.54) is 114 Å². The smallest absolute Gasteiger partial charge is 0.185 e. The summed E-state index contributed by atoms with van der Waals surface area (Å²) in [7, 11) is 0. The van der Waals surface area contributed by atoms with Crippen LogP contribution >= 0.6 is 0 Å². The summed E-state index contributed by atoms with van der Waals surface area (Å²) < 4.78 is 0. The molecule has 0 spiro atoms. The second kappa shape index (κ2) is 18.5. The van der Waals surface area contributed by atoms with E-state index in [9.17, 15) is 4.79 Å². The highest BCUT2D eigenvalue weighted by molar-refractivity contribution is 6.07. The SMILES string of the molecule is CCCCCCCCCCCCCCCCCC[NH+]1C=CC(=CC=C2C=CC=CC2=O)C=C1. The summed E-state index contributed by atoms with van der Waals surface area (Å²) in [6.07, 6.45) is 42.5. The van der Waals surface area contributed by atoms with Gasteiger partial charge in [0.15, 0.2) is 5.78 Å². The van der Waals surface area contributed by atoms with Crippen molar-refractivity contribution < 1.29 is 9.69 Å². The lowest BCUT2D eigenvalue weighted by atomic mass is 10.0. The minimum Gasteiger partial charge on any atom is -0.289 e. The molecule has 0 bridgehead atoms. The predicted molar refractivity (Wildman–Crippen MR) is 143 cm³/mol. The summed E-state index contributed by atoms with van der Waals surface area (Å²) in [4.78, 5) is 13.2. The molecule has 0 aromatic heterocycles. The molecule has 182 valence electrons. The van der Waals surface area contributed by atoms with E-state index in [-0.39, 0.29) is 5.78 Å². The lowest BCUT2D eigenvalue weighted by Gasteiger charge is -2.12. The number of unbranched alkanes of at least 4 members (excludes halogenated alkanes) is 15. The molecule has 0 amide bonds. The van der Waals surface area contributed by atoms with Gasteiger partial charge >= 0.3 is 0 Å². The zero-order valence-corrected chi connectivity index (χ0v) is 21.2. The quantitative estimate of drug-likeness (QED) is 0.167. The Balaban J connectivity index is 1.39. The number of rotatable bonds is 18. The number of hydrogen-bond acceptors (Lipinski definition) is 1. The molecule has 1 aliphatic carbocycles. The van der Waals surface area contributed by atoms with E-state index < -0.39 is 0 Å². The lowest BCUT2D eigenvalue weighted by molar-refractivity contribution is -0.791. The van der Waals surface area contributed by atoms with Gasteiger partial charge in [0.1, 0.15) is 0 Å². The molecule has 1 aliphatic heterocycles. The van der Waals surface area contributed by atoms with Crippen molar-refractivity contribution in [3.63, 3.8) is 0 Å². The highest BCUT2D eigenvalue weighted by Gasteiger charge is 2.07. The Morgan fingerprint density at radius 2 is 1.09 bits per heavy atom. The van der Waals surface area contributed by atoms with E-state index in [1.54, 1.807) is 12.2 Å². The molecule has 1 N–H and O–H groups in total. The highest BCUT2D eigenvalue weighted by atomic mass is 16.1. The number of carbonyl (C=O) groups is 1. The summed E-state index contributed by atoms with van der Waals surface area (Å²) in [5.74, 6) is 0.0777. The largest absolute Gasteiger partial charge is 0.289 e. The molecule has 2 rings (SSSR count). The van der Waals surface area contributed by atoms with Gasteiger partial charge in [-0.3, -0.25) is 9.69 Å². The number of carbonyl (C=O) groups excluding carboxylic acids is 1. The van der Waals surface area contributed by atoms with Crippen LogP contribution in [0.3, 0.4) is 0 Å². The maximum atomic E-state index is 11.8. The predicted octanol–water partition coefficient (Wildman–Crippen LogP) is 7.72. The third kappa shape index (κ3) is 13.4. The van der Waals surface area contributed by atoms with Crippen molar-refractivity contribution in [3.8, 4) is 0 Å². The van der Waals surface area contributed by atoms with Crippen LogP contribution in [0.1, 0.15) is 110 Å². The van der Waals surface area contributed by atoms with Gasteiger partial charge < -0.3 is 0 Å². The molecule has 0 saturated carbocycles. The monoisotopic (exact) mass is 450 g/mol. The average molecular weight is 451 g/mol. The van der Waals surface area contributed by atoms with Gasteiger partial charge in [0.05, 0.1) is 18.9 Å². The van der Waals surface area contributed by atoms with Crippen LogP contribution in [0.25, 0.3) is 0 Å². The molecular weight excluding hydrogens is 402 g/mol. The number of allylic oxidation sites excluding steroid dienone is 10. The third-order valence-electron chi connectivity index (χ3n) is 6.67. The summed E-state index contributed by atoms with van der Waals surface area (Å²) in [5.41, 5.74) is 1.89. The van der Waals surface area contributed by atoms with Crippen LogP contribution in [-0.2, 0) is 4.79 Å². The minimum absolute atomic E-state index is 0.0777. The molecule has 0 atom stereocenters. The molecule has 0 aromatic carbocycles. The zero-order valence-electron chi connectivity index (χ0n) is 21.2. The topological polar surface area (TPSA) is 21.5 Å². The van der Waals surface area contributed by atoms with Gasteiger partial charge in [0, 0.05) is 5.57 Å². The Labute approximate surface area is 203 Å². The van der Waals surface area contributed by atoms with Gasteiger partial charge in [-0.05, 0) is 36.6 Å². The molecule has 1 heterocycles. The molecular formula is C31H48NO+. The average Bonchev–Trinajstić information content (AvgIpc) is 2.84. The summed E-state index contributed by atoms with van der Waals surface area (Å²) in [5, 5.41) is 0. The van der Waals surface area contributed by atoms with Crippen LogP contribution < -0.4 is 4.90 Å². The Morgan fingerprint density at radius 1 is 0.606 bits per heavy atom. The van der Waals surface area contributed by atoms with Gasteiger partial charge in [-0.2, -0.15) is 0 Å². The lowest BCUT2D eigenvalue weighted by Crippen LogP contribution is -3.03. The molecule has 2 heteroatoms. The van der Waals surface area contributed by atoms with Crippen LogP contribution in [-0.4, -0.2) is 12.3 Å². The number of hydrogen-bond donors (Lipinski definition) is 1. The van der Waals surface area contributed by atoms with Crippen molar-refractivity contribution in [2.45, 2.75) is 110 Å². The van der Waals surface area contributed by atoms with Gasteiger partial charge in [0.25, 0.3) is 0 Å². The van der Waals surface area contributed by atoms with Gasteiger partial charge in [-0.15, -0.1) is 0 Å². The third-order valence-corrected chi connectivity index (χ3v) is 6.67.